The monoisotopic (exact) mass is 353 g/mol. The molecule has 0 saturated heterocycles. The molecule has 6 nitrogen and oxygen atoms in total. The summed E-state index contributed by atoms with van der Waals surface area (Å²) in [5, 5.41) is 8.84. The highest BCUT2D eigenvalue weighted by Crippen LogP contribution is 2.30. The average Bonchev–Trinajstić information content (AvgIpc) is 2.59. The molecule has 1 aliphatic rings. The number of anilines is 3. The van der Waals surface area contributed by atoms with Gasteiger partial charge in [0.2, 0.25) is 11.8 Å². The summed E-state index contributed by atoms with van der Waals surface area (Å²) in [6, 6.07) is 10.5. The van der Waals surface area contributed by atoms with Crippen LogP contribution in [0.5, 0.6) is 5.75 Å². The summed E-state index contributed by atoms with van der Waals surface area (Å²) in [5.41, 5.74) is 4.50. The third kappa shape index (κ3) is 3.96. The fourth-order valence-corrected chi connectivity index (χ4v) is 2.85. The van der Waals surface area contributed by atoms with E-state index in [-0.39, 0.29) is 18.2 Å². The Hall–Kier alpha value is -3.02. The van der Waals surface area contributed by atoms with Crippen molar-refractivity contribution in [1.82, 2.24) is 0 Å². The van der Waals surface area contributed by atoms with Gasteiger partial charge < -0.3 is 20.7 Å². The van der Waals surface area contributed by atoms with Gasteiger partial charge >= 0.3 is 0 Å². The standard InChI is InChI=1S/C20H23N3O3/c1-4-26-15-7-5-14(6-8-15)21-19(24)11-18-20(25)23-17-10-13(3)12(2)9-16(17)22-18/h5-10,18,22H,4,11H2,1-3H3,(H,21,24)(H,23,25). The second-order valence-corrected chi connectivity index (χ2v) is 6.38. The molecule has 0 saturated carbocycles. The normalized spacial score (nSPS) is 15.5. The summed E-state index contributed by atoms with van der Waals surface area (Å²) in [6.07, 6.45) is 0.0470. The Morgan fingerprint density at radius 3 is 2.42 bits per heavy atom. The number of nitrogens with one attached hydrogen (secondary N) is 3. The molecule has 1 heterocycles. The lowest BCUT2D eigenvalue weighted by molar-refractivity contribution is -0.122. The van der Waals surface area contributed by atoms with Gasteiger partial charge in [0.1, 0.15) is 11.8 Å². The molecule has 0 aromatic heterocycles. The predicted molar refractivity (Wildman–Crippen MR) is 103 cm³/mol. The van der Waals surface area contributed by atoms with E-state index >= 15 is 0 Å². The van der Waals surface area contributed by atoms with Gasteiger partial charge in [0, 0.05) is 5.69 Å². The van der Waals surface area contributed by atoms with Crippen molar-refractivity contribution in [3.05, 3.63) is 47.5 Å². The third-order valence-electron chi connectivity index (χ3n) is 4.38. The number of aryl methyl sites for hydroxylation is 2. The fraction of sp³-hybridized carbons (Fsp3) is 0.300. The van der Waals surface area contributed by atoms with E-state index in [1.165, 1.54) is 0 Å². The van der Waals surface area contributed by atoms with E-state index in [2.05, 4.69) is 16.0 Å². The summed E-state index contributed by atoms with van der Waals surface area (Å²) < 4.78 is 5.38. The van der Waals surface area contributed by atoms with Gasteiger partial charge in [-0.05, 0) is 68.3 Å². The van der Waals surface area contributed by atoms with Gasteiger partial charge in [0.15, 0.2) is 0 Å². The largest absolute Gasteiger partial charge is 0.494 e. The third-order valence-corrected chi connectivity index (χ3v) is 4.38. The van der Waals surface area contributed by atoms with Crippen molar-refractivity contribution in [1.29, 1.82) is 0 Å². The van der Waals surface area contributed by atoms with Crippen LogP contribution in [0.15, 0.2) is 36.4 Å². The molecule has 3 rings (SSSR count). The van der Waals surface area contributed by atoms with E-state index in [4.69, 9.17) is 4.74 Å². The maximum absolute atomic E-state index is 12.3. The highest BCUT2D eigenvalue weighted by Gasteiger charge is 2.27. The second kappa shape index (κ2) is 7.47. The maximum Gasteiger partial charge on any atom is 0.247 e. The molecule has 2 amide bonds. The second-order valence-electron chi connectivity index (χ2n) is 6.38. The topological polar surface area (TPSA) is 79.5 Å². The van der Waals surface area contributed by atoms with Gasteiger partial charge in [-0.1, -0.05) is 0 Å². The fourth-order valence-electron chi connectivity index (χ4n) is 2.85. The minimum Gasteiger partial charge on any atom is -0.494 e. The molecule has 6 heteroatoms. The van der Waals surface area contributed by atoms with Crippen molar-refractivity contribution in [2.45, 2.75) is 33.2 Å². The molecule has 0 spiro atoms. The van der Waals surface area contributed by atoms with Crippen LogP contribution in [0.1, 0.15) is 24.5 Å². The van der Waals surface area contributed by atoms with Crippen LogP contribution in [-0.4, -0.2) is 24.5 Å². The number of hydrogen-bond donors (Lipinski definition) is 3. The minimum atomic E-state index is -0.604. The lowest BCUT2D eigenvalue weighted by Crippen LogP contribution is -2.41. The molecule has 136 valence electrons. The van der Waals surface area contributed by atoms with Crippen molar-refractivity contribution in [3.8, 4) is 5.75 Å². The molecule has 0 radical (unpaired) electrons. The number of rotatable bonds is 5. The van der Waals surface area contributed by atoms with Crippen LogP contribution in [0.3, 0.4) is 0 Å². The van der Waals surface area contributed by atoms with Crippen molar-refractivity contribution < 1.29 is 14.3 Å². The molecule has 0 aliphatic carbocycles. The van der Waals surface area contributed by atoms with E-state index in [9.17, 15) is 9.59 Å². The quantitative estimate of drug-likeness (QED) is 0.769. The number of carbonyl (C=O) groups is 2. The molecule has 1 unspecified atom stereocenters. The van der Waals surface area contributed by atoms with E-state index < -0.39 is 6.04 Å². The van der Waals surface area contributed by atoms with Gasteiger partial charge in [-0.3, -0.25) is 9.59 Å². The van der Waals surface area contributed by atoms with Gasteiger partial charge in [0.25, 0.3) is 0 Å². The molecule has 1 atom stereocenters. The Kier molecular flexibility index (Phi) is 5.11. The zero-order valence-electron chi connectivity index (χ0n) is 15.2. The zero-order valence-corrected chi connectivity index (χ0v) is 15.2. The molecule has 1 aliphatic heterocycles. The Balaban J connectivity index is 1.63. The molecule has 0 bridgehead atoms. The van der Waals surface area contributed by atoms with Crippen LogP contribution >= 0.6 is 0 Å². The van der Waals surface area contributed by atoms with Crippen LogP contribution in [0.25, 0.3) is 0 Å². The highest BCUT2D eigenvalue weighted by atomic mass is 16.5. The number of hydrogen-bond acceptors (Lipinski definition) is 4. The zero-order chi connectivity index (χ0) is 18.7. The van der Waals surface area contributed by atoms with E-state index in [1.54, 1.807) is 24.3 Å². The number of fused-ring (bicyclic) bond motifs is 1. The van der Waals surface area contributed by atoms with Crippen LogP contribution in [0.4, 0.5) is 17.1 Å². The Labute approximate surface area is 152 Å². The maximum atomic E-state index is 12.3. The molecule has 2 aromatic carbocycles. The predicted octanol–water partition coefficient (Wildman–Crippen LogP) is 3.46. The highest BCUT2D eigenvalue weighted by molar-refractivity contribution is 6.06. The summed E-state index contributed by atoms with van der Waals surface area (Å²) in [6.45, 7) is 6.52. The van der Waals surface area contributed by atoms with Crippen LogP contribution in [0, 0.1) is 13.8 Å². The van der Waals surface area contributed by atoms with Crippen molar-refractivity contribution in [3.63, 3.8) is 0 Å². The molecule has 0 fully saturated rings. The van der Waals surface area contributed by atoms with Crippen molar-refractivity contribution in [2.24, 2.45) is 0 Å². The van der Waals surface area contributed by atoms with E-state index in [0.717, 1.165) is 28.3 Å². The first-order chi connectivity index (χ1) is 12.5. The molecular weight excluding hydrogens is 330 g/mol. The minimum absolute atomic E-state index is 0.0470. The number of carbonyl (C=O) groups excluding carboxylic acids is 2. The van der Waals surface area contributed by atoms with Gasteiger partial charge in [-0.15, -0.1) is 0 Å². The summed E-state index contributed by atoms with van der Waals surface area (Å²) in [4.78, 5) is 24.6. The molecule has 3 N–H and O–H groups in total. The number of benzene rings is 2. The van der Waals surface area contributed by atoms with E-state index in [1.807, 2.05) is 32.9 Å². The first-order valence-electron chi connectivity index (χ1n) is 8.67. The van der Waals surface area contributed by atoms with Crippen molar-refractivity contribution in [2.75, 3.05) is 22.6 Å². The summed E-state index contributed by atoms with van der Waals surface area (Å²) in [7, 11) is 0. The molecule has 2 aromatic rings. The van der Waals surface area contributed by atoms with Crippen LogP contribution in [0.2, 0.25) is 0 Å². The smallest absolute Gasteiger partial charge is 0.247 e. The summed E-state index contributed by atoms with van der Waals surface area (Å²) in [5.74, 6) is 0.317. The number of amides is 2. The van der Waals surface area contributed by atoms with Crippen molar-refractivity contribution >= 4 is 28.9 Å². The van der Waals surface area contributed by atoms with E-state index in [0.29, 0.717) is 12.3 Å². The molecule has 26 heavy (non-hydrogen) atoms. The van der Waals surface area contributed by atoms with Gasteiger partial charge in [0.05, 0.1) is 24.4 Å². The van der Waals surface area contributed by atoms with Gasteiger partial charge in [-0.2, -0.15) is 0 Å². The number of ether oxygens (including phenoxy) is 1. The SMILES string of the molecule is CCOc1ccc(NC(=O)CC2Nc3cc(C)c(C)cc3NC2=O)cc1. The Bertz CT molecular complexity index is 831. The summed E-state index contributed by atoms with van der Waals surface area (Å²) >= 11 is 0. The Morgan fingerprint density at radius 1 is 1.12 bits per heavy atom. The first-order valence-corrected chi connectivity index (χ1v) is 8.67. The average molecular weight is 353 g/mol. The lowest BCUT2D eigenvalue weighted by atomic mass is 10.0. The van der Waals surface area contributed by atoms with Gasteiger partial charge in [-0.25, -0.2) is 0 Å². The van der Waals surface area contributed by atoms with Crippen LogP contribution < -0.4 is 20.7 Å². The molecular formula is C20H23N3O3. The Morgan fingerprint density at radius 2 is 1.77 bits per heavy atom. The first kappa shape index (κ1) is 17.8. The lowest BCUT2D eigenvalue weighted by Gasteiger charge is -2.27. The van der Waals surface area contributed by atoms with Crippen LogP contribution in [-0.2, 0) is 9.59 Å².